The van der Waals surface area contributed by atoms with Crippen LogP contribution in [0, 0.1) is 0 Å². The Morgan fingerprint density at radius 2 is 1.71 bits per heavy atom. The Hall–Kier alpha value is -3.10. The predicted molar refractivity (Wildman–Crippen MR) is 148 cm³/mol. The Kier molecular flexibility index (Phi) is 7.91. The van der Waals surface area contributed by atoms with Crippen LogP contribution in [0.25, 0.3) is 16.5 Å². The van der Waals surface area contributed by atoms with Crippen molar-refractivity contribution in [3.8, 4) is 5.75 Å². The number of fused-ring (bicyclic) bond motifs is 1. The minimum atomic E-state index is -0.791. The first-order chi connectivity index (χ1) is 18.4. The summed E-state index contributed by atoms with van der Waals surface area (Å²) < 4.78 is 10.7. The van der Waals surface area contributed by atoms with Crippen molar-refractivity contribution < 1.29 is 24.2 Å². The van der Waals surface area contributed by atoms with Crippen LogP contribution in [0.4, 0.5) is 0 Å². The molecule has 1 atom stereocenters. The number of amides is 1. The van der Waals surface area contributed by atoms with Gasteiger partial charge in [-0.1, -0.05) is 47.5 Å². The lowest BCUT2D eigenvalue weighted by Gasteiger charge is -2.29. The topological polar surface area (TPSA) is 79.3 Å². The van der Waals surface area contributed by atoms with Gasteiger partial charge in [0, 0.05) is 31.7 Å². The molecule has 0 saturated carbocycles. The maximum absolute atomic E-state index is 13.4. The predicted octanol–water partition coefficient (Wildman–Crippen LogP) is 5.30. The molecule has 1 N–H and O–H groups in total. The molecule has 1 unspecified atom stereocenters. The number of likely N-dealkylation sites (tertiary alicyclic amines) is 1. The van der Waals surface area contributed by atoms with Crippen molar-refractivity contribution >= 4 is 51.4 Å². The number of benzene rings is 3. The molecule has 2 heterocycles. The van der Waals surface area contributed by atoms with Crippen LogP contribution in [0.5, 0.6) is 5.75 Å². The number of hydrogen-bond acceptors (Lipinski definition) is 6. The molecule has 0 bridgehead atoms. The second-order valence-electron chi connectivity index (χ2n) is 9.40. The molecule has 2 saturated heterocycles. The van der Waals surface area contributed by atoms with Gasteiger partial charge in [0.15, 0.2) is 0 Å². The summed E-state index contributed by atoms with van der Waals surface area (Å²) in [5.41, 5.74) is 1.09. The van der Waals surface area contributed by atoms with Gasteiger partial charge in [-0.25, -0.2) is 0 Å². The number of carbonyl (C=O) groups is 2. The number of carbonyl (C=O) groups excluding carboxylic acids is 2. The van der Waals surface area contributed by atoms with Crippen LogP contribution < -0.4 is 4.74 Å². The van der Waals surface area contributed by atoms with E-state index in [-0.39, 0.29) is 11.3 Å². The zero-order valence-corrected chi connectivity index (χ0v) is 22.5. The Bertz CT molecular complexity index is 1420. The maximum Gasteiger partial charge on any atom is 0.295 e. The number of ketones is 1. The number of aliphatic hydroxyl groups is 1. The summed E-state index contributed by atoms with van der Waals surface area (Å²) in [6.07, 6.45) is 0.669. The molecule has 0 radical (unpaired) electrons. The molecular weight excluding hydrogens is 527 g/mol. The highest BCUT2D eigenvalue weighted by Gasteiger charge is 2.46. The maximum atomic E-state index is 13.4. The number of aliphatic hydroxyl groups excluding tert-OH is 1. The van der Waals surface area contributed by atoms with E-state index in [1.807, 2.05) is 24.3 Å². The third-order valence-corrected chi connectivity index (χ3v) is 7.84. The zero-order valence-electron chi connectivity index (χ0n) is 21.0. The van der Waals surface area contributed by atoms with E-state index in [1.54, 1.807) is 37.4 Å². The first-order valence-electron chi connectivity index (χ1n) is 12.5. The molecule has 3 aromatic carbocycles. The summed E-state index contributed by atoms with van der Waals surface area (Å²) in [7, 11) is 1.60. The van der Waals surface area contributed by atoms with Crippen LogP contribution in [-0.4, -0.2) is 73.1 Å². The van der Waals surface area contributed by atoms with E-state index in [2.05, 4.69) is 4.90 Å². The smallest absolute Gasteiger partial charge is 0.295 e. The second kappa shape index (κ2) is 11.3. The lowest BCUT2D eigenvalue weighted by molar-refractivity contribution is -0.140. The van der Waals surface area contributed by atoms with Crippen LogP contribution in [0.3, 0.4) is 0 Å². The normalized spacial score (nSPS) is 19.9. The molecular formula is C29H28Cl2N2O5. The molecule has 2 aliphatic rings. The first kappa shape index (κ1) is 26.5. The third kappa shape index (κ3) is 5.24. The zero-order chi connectivity index (χ0) is 26.8. The van der Waals surface area contributed by atoms with E-state index in [1.165, 1.54) is 4.90 Å². The standard InChI is InChI=1S/C29H28Cl2N2O5/c1-37-22-7-5-18-15-21(4-3-19(18)16-22)27(34)25-26(20-6-8-23(30)24(31)17-20)33(29(36)28(25)35)10-2-9-32-11-13-38-14-12-32/h3-8,15-17,26,34H,2,9-14H2,1H3/b27-25+. The van der Waals surface area contributed by atoms with Crippen LogP contribution in [-0.2, 0) is 14.3 Å². The number of rotatable bonds is 7. The summed E-state index contributed by atoms with van der Waals surface area (Å²) in [4.78, 5) is 30.4. The molecule has 1 amide bonds. The molecule has 9 heteroatoms. The second-order valence-corrected chi connectivity index (χ2v) is 10.2. The van der Waals surface area contributed by atoms with Crippen molar-refractivity contribution in [2.75, 3.05) is 46.5 Å². The fourth-order valence-electron chi connectivity index (χ4n) is 5.08. The Balaban J connectivity index is 1.52. The van der Waals surface area contributed by atoms with Gasteiger partial charge >= 0.3 is 0 Å². The Morgan fingerprint density at radius 1 is 0.974 bits per heavy atom. The van der Waals surface area contributed by atoms with Crippen molar-refractivity contribution in [2.24, 2.45) is 0 Å². The SMILES string of the molecule is COc1ccc2cc(/C(O)=C3\C(=O)C(=O)N(CCCN4CCOCC4)C3c3ccc(Cl)c(Cl)c3)ccc2c1. The highest BCUT2D eigenvalue weighted by atomic mass is 35.5. The fourth-order valence-corrected chi connectivity index (χ4v) is 5.39. The van der Waals surface area contributed by atoms with E-state index in [0.29, 0.717) is 47.4 Å². The third-order valence-electron chi connectivity index (χ3n) is 7.10. The van der Waals surface area contributed by atoms with E-state index < -0.39 is 17.7 Å². The Labute approximate surface area is 231 Å². The van der Waals surface area contributed by atoms with Crippen molar-refractivity contribution in [1.82, 2.24) is 9.80 Å². The number of ether oxygens (including phenoxy) is 2. The van der Waals surface area contributed by atoms with Crippen molar-refractivity contribution in [3.63, 3.8) is 0 Å². The molecule has 0 spiro atoms. The highest BCUT2D eigenvalue weighted by Crippen LogP contribution is 2.41. The van der Waals surface area contributed by atoms with Gasteiger partial charge in [0.1, 0.15) is 11.5 Å². The molecule has 0 aromatic heterocycles. The molecule has 3 aromatic rings. The summed E-state index contributed by atoms with van der Waals surface area (Å²) in [5.74, 6) is -0.875. The number of methoxy groups -OCH3 is 1. The summed E-state index contributed by atoms with van der Waals surface area (Å²) >= 11 is 12.5. The summed E-state index contributed by atoms with van der Waals surface area (Å²) in [5, 5.41) is 13.9. The highest BCUT2D eigenvalue weighted by molar-refractivity contribution is 6.47. The monoisotopic (exact) mass is 554 g/mol. The fraction of sp³-hybridized carbons (Fsp3) is 0.310. The van der Waals surface area contributed by atoms with Gasteiger partial charge in [-0.05, 0) is 53.1 Å². The van der Waals surface area contributed by atoms with Gasteiger partial charge in [-0.2, -0.15) is 0 Å². The van der Waals surface area contributed by atoms with Crippen LogP contribution in [0.2, 0.25) is 10.0 Å². The van der Waals surface area contributed by atoms with Crippen LogP contribution in [0.1, 0.15) is 23.6 Å². The first-order valence-corrected chi connectivity index (χ1v) is 13.2. The molecule has 198 valence electrons. The lowest BCUT2D eigenvalue weighted by Crippen LogP contribution is -2.38. The van der Waals surface area contributed by atoms with Gasteiger partial charge in [0.25, 0.3) is 11.7 Å². The summed E-state index contributed by atoms with van der Waals surface area (Å²) in [6.45, 7) is 4.17. The minimum Gasteiger partial charge on any atom is -0.507 e. The van der Waals surface area contributed by atoms with Gasteiger partial charge in [0.05, 0.1) is 42.0 Å². The Morgan fingerprint density at radius 3 is 2.45 bits per heavy atom. The average Bonchev–Trinajstić information content (AvgIpc) is 3.19. The van der Waals surface area contributed by atoms with Crippen molar-refractivity contribution in [3.05, 3.63) is 81.3 Å². The molecule has 5 rings (SSSR count). The van der Waals surface area contributed by atoms with Gasteiger partial charge in [0.2, 0.25) is 0 Å². The quantitative estimate of drug-likeness (QED) is 0.242. The number of morpholine rings is 1. The van der Waals surface area contributed by atoms with E-state index >= 15 is 0 Å². The average molecular weight is 555 g/mol. The van der Waals surface area contributed by atoms with Gasteiger partial charge < -0.3 is 19.5 Å². The molecule has 38 heavy (non-hydrogen) atoms. The number of hydrogen-bond donors (Lipinski definition) is 1. The van der Waals surface area contributed by atoms with Crippen LogP contribution in [0.15, 0.2) is 60.2 Å². The van der Waals surface area contributed by atoms with Gasteiger partial charge in [-0.3, -0.25) is 14.5 Å². The lowest BCUT2D eigenvalue weighted by atomic mass is 9.94. The molecule has 2 aliphatic heterocycles. The number of halogens is 2. The molecule has 0 aliphatic carbocycles. The van der Waals surface area contributed by atoms with E-state index in [9.17, 15) is 14.7 Å². The van der Waals surface area contributed by atoms with E-state index in [0.717, 1.165) is 36.2 Å². The minimum absolute atomic E-state index is 0.0348. The van der Waals surface area contributed by atoms with E-state index in [4.69, 9.17) is 32.7 Å². The molecule has 2 fully saturated rings. The summed E-state index contributed by atoms with van der Waals surface area (Å²) in [6, 6.07) is 15.2. The largest absolute Gasteiger partial charge is 0.507 e. The van der Waals surface area contributed by atoms with Crippen LogP contribution >= 0.6 is 23.2 Å². The van der Waals surface area contributed by atoms with Gasteiger partial charge in [-0.15, -0.1) is 0 Å². The number of nitrogens with zero attached hydrogens (tertiary/aromatic N) is 2. The van der Waals surface area contributed by atoms with Crippen molar-refractivity contribution in [1.29, 1.82) is 0 Å². The molecule has 7 nitrogen and oxygen atoms in total. The van der Waals surface area contributed by atoms with Crippen molar-refractivity contribution in [2.45, 2.75) is 12.5 Å². The number of Topliss-reactive ketones (excluding diaryl/α,β-unsaturated/α-hetero) is 1.